The quantitative estimate of drug-likeness (QED) is 0.205. The van der Waals surface area contributed by atoms with Crippen LogP contribution in [0.3, 0.4) is 0 Å². The number of rotatable bonds is 9. The van der Waals surface area contributed by atoms with E-state index in [1.165, 1.54) is 7.11 Å². The van der Waals surface area contributed by atoms with E-state index < -0.39 is 5.97 Å². The van der Waals surface area contributed by atoms with Crippen LogP contribution in [0.1, 0.15) is 38.8 Å². The van der Waals surface area contributed by atoms with Crippen LogP contribution in [0, 0.1) is 6.92 Å². The third kappa shape index (κ3) is 5.93. The monoisotopic (exact) mass is 587 g/mol. The zero-order valence-electron chi connectivity index (χ0n) is 25.1. The van der Waals surface area contributed by atoms with E-state index in [0.29, 0.717) is 28.1 Å². The largest absolute Gasteiger partial charge is 0.465 e. The van der Waals surface area contributed by atoms with Crippen LogP contribution in [0.25, 0.3) is 39.0 Å². The summed E-state index contributed by atoms with van der Waals surface area (Å²) in [7, 11) is 5.47. The van der Waals surface area contributed by atoms with Gasteiger partial charge in [-0.25, -0.2) is 19.7 Å². The number of hydrogen-bond donors (Lipinski definition) is 2. The number of hydrogen-bond acceptors (Lipinski definition) is 7. The van der Waals surface area contributed by atoms with Gasteiger partial charge in [0.25, 0.3) is 5.91 Å². The van der Waals surface area contributed by atoms with Gasteiger partial charge < -0.3 is 19.9 Å². The first kappa shape index (κ1) is 28.8. The Morgan fingerprint density at radius 3 is 2.55 bits per heavy atom. The highest BCUT2D eigenvalue weighted by Gasteiger charge is 2.15. The van der Waals surface area contributed by atoms with Crippen molar-refractivity contribution < 1.29 is 14.3 Å². The van der Waals surface area contributed by atoms with E-state index >= 15 is 0 Å². The fourth-order valence-corrected chi connectivity index (χ4v) is 5.29. The molecule has 0 bridgehead atoms. The number of nitrogens with zero attached hydrogens (tertiary/aromatic N) is 5. The number of H-pyrrole nitrogens is 1. The third-order valence-electron chi connectivity index (χ3n) is 7.49. The first-order valence-corrected chi connectivity index (χ1v) is 14.4. The van der Waals surface area contributed by atoms with E-state index in [-0.39, 0.29) is 5.91 Å². The second-order valence-corrected chi connectivity index (χ2v) is 11.0. The van der Waals surface area contributed by atoms with Gasteiger partial charge in [-0.3, -0.25) is 9.36 Å². The van der Waals surface area contributed by atoms with E-state index in [0.717, 1.165) is 58.7 Å². The van der Waals surface area contributed by atoms with E-state index in [1.807, 2.05) is 66.1 Å². The summed E-state index contributed by atoms with van der Waals surface area (Å²) >= 11 is 0. The van der Waals surface area contributed by atoms with Crippen LogP contribution < -0.4 is 5.32 Å². The standard InChI is InChI=1S/C34H33N7O3/c1-21-36-29-19-24(34(43)44-4)11-14-30(29)41(21)32-15-12-25(20-35-32)22-7-5-8-26(17-22)37-33(42)23-10-13-27-28(18-23)39-31(38-27)9-6-16-40(2)3/h5,7-8,10-15,17-20H,6,9,16H2,1-4H3,(H,37,42)(H,38,39). The minimum Gasteiger partial charge on any atom is -0.465 e. The number of ether oxygens (including phenoxy) is 1. The smallest absolute Gasteiger partial charge is 0.337 e. The number of carbonyl (C=O) groups excluding carboxylic acids is 2. The SMILES string of the molecule is COC(=O)c1ccc2c(c1)nc(C)n2-c1ccc(-c2cccc(NC(=O)c3ccc4nc(CCCN(C)C)[nH]c4c3)c2)cn1. The van der Waals surface area contributed by atoms with Gasteiger partial charge in [0.1, 0.15) is 17.5 Å². The highest BCUT2D eigenvalue weighted by molar-refractivity contribution is 6.06. The molecular formula is C34H33N7O3. The predicted molar refractivity (Wildman–Crippen MR) is 171 cm³/mol. The van der Waals surface area contributed by atoms with Crippen LogP contribution >= 0.6 is 0 Å². The van der Waals surface area contributed by atoms with Gasteiger partial charge in [-0.15, -0.1) is 0 Å². The third-order valence-corrected chi connectivity index (χ3v) is 7.49. The number of methoxy groups -OCH3 is 1. The first-order valence-electron chi connectivity index (χ1n) is 14.4. The Hall–Kier alpha value is -5.35. The number of benzene rings is 3. The molecule has 2 N–H and O–H groups in total. The predicted octanol–water partition coefficient (Wildman–Crippen LogP) is 5.81. The van der Waals surface area contributed by atoms with Crippen molar-refractivity contribution in [3.05, 3.63) is 102 Å². The number of fused-ring (bicyclic) bond motifs is 2. The number of aromatic nitrogens is 5. The summed E-state index contributed by atoms with van der Waals surface area (Å²) in [6, 6.07) is 22.4. The first-order chi connectivity index (χ1) is 21.3. The number of esters is 1. The maximum Gasteiger partial charge on any atom is 0.337 e. The van der Waals surface area contributed by atoms with Gasteiger partial charge in [0, 0.05) is 29.4 Å². The fraction of sp³-hybridized carbons (Fsp3) is 0.206. The molecule has 6 aromatic rings. The lowest BCUT2D eigenvalue weighted by Crippen LogP contribution is -2.13. The van der Waals surface area contributed by atoms with Crippen molar-refractivity contribution in [2.45, 2.75) is 19.8 Å². The van der Waals surface area contributed by atoms with E-state index in [4.69, 9.17) is 9.72 Å². The highest BCUT2D eigenvalue weighted by Crippen LogP contribution is 2.26. The van der Waals surface area contributed by atoms with Crippen LogP contribution in [-0.2, 0) is 11.2 Å². The molecule has 3 aromatic heterocycles. The Labute approximate surface area is 254 Å². The normalized spacial score (nSPS) is 11.4. The molecule has 10 nitrogen and oxygen atoms in total. The minimum atomic E-state index is -0.404. The molecular weight excluding hydrogens is 554 g/mol. The lowest BCUT2D eigenvalue weighted by Gasteiger charge is -2.10. The Bertz CT molecular complexity index is 1990. The summed E-state index contributed by atoms with van der Waals surface area (Å²) in [5.41, 5.74) is 6.74. The zero-order valence-corrected chi connectivity index (χ0v) is 25.1. The summed E-state index contributed by atoms with van der Waals surface area (Å²) in [4.78, 5) is 44.6. The second-order valence-electron chi connectivity index (χ2n) is 11.0. The molecule has 0 radical (unpaired) electrons. The topological polar surface area (TPSA) is 118 Å². The molecule has 0 aliphatic heterocycles. The van der Waals surface area contributed by atoms with Crippen LogP contribution in [0.4, 0.5) is 5.69 Å². The van der Waals surface area contributed by atoms with Gasteiger partial charge in [-0.1, -0.05) is 12.1 Å². The lowest BCUT2D eigenvalue weighted by molar-refractivity contribution is 0.0600. The molecule has 0 aliphatic rings. The number of aryl methyl sites for hydroxylation is 2. The molecule has 44 heavy (non-hydrogen) atoms. The van der Waals surface area contributed by atoms with Gasteiger partial charge >= 0.3 is 5.97 Å². The number of imidazole rings is 2. The number of aromatic amines is 1. The lowest BCUT2D eigenvalue weighted by atomic mass is 10.1. The van der Waals surface area contributed by atoms with Gasteiger partial charge in [0.15, 0.2) is 0 Å². The fourth-order valence-electron chi connectivity index (χ4n) is 5.29. The van der Waals surface area contributed by atoms with Crippen molar-refractivity contribution in [1.29, 1.82) is 0 Å². The van der Waals surface area contributed by atoms with E-state index in [2.05, 4.69) is 39.3 Å². The molecule has 1 amide bonds. The molecule has 0 saturated heterocycles. The molecule has 0 saturated carbocycles. The number of pyridine rings is 1. The molecule has 3 heterocycles. The Balaban J connectivity index is 1.18. The summed E-state index contributed by atoms with van der Waals surface area (Å²) in [5.74, 6) is 1.79. The van der Waals surface area contributed by atoms with Crippen LogP contribution in [0.15, 0.2) is 79.0 Å². The van der Waals surface area contributed by atoms with Crippen molar-refractivity contribution in [1.82, 2.24) is 29.4 Å². The van der Waals surface area contributed by atoms with E-state index in [1.54, 1.807) is 24.4 Å². The highest BCUT2D eigenvalue weighted by atomic mass is 16.5. The van der Waals surface area contributed by atoms with Crippen molar-refractivity contribution >= 4 is 39.6 Å². The van der Waals surface area contributed by atoms with Crippen LogP contribution in [0.5, 0.6) is 0 Å². The number of anilines is 1. The zero-order chi connectivity index (χ0) is 30.8. The number of amides is 1. The average Bonchev–Trinajstić information content (AvgIpc) is 3.59. The van der Waals surface area contributed by atoms with Crippen molar-refractivity contribution in [3.63, 3.8) is 0 Å². The number of nitrogens with one attached hydrogen (secondary N) is 2. The van der Waals surface area contributed by atoms with Crippen molar-refractivity contribution in [2.75, 3.05) is 33.1 Å². The number of carbonyl (C=O) groups is 2. The Morgan fingerprint density at radius 2 is 1.77 bits per heavy atom. The molecule has 10 heteroatoms. The van der Waals surface area contributed by atoms with Gasteiger partial charge in [-0.2, -0.15) is 0 Å². The molecule has 0 fully saturated rings. The van der Waals surface area contributed by atoms with E-state index in [9.17, 15) is 9.59 Å². The van der Waals surface area contributed by atoms with Gasteiger partial charge in [0.2, 0.25) is 0 Å². The molecule has 3 aromatic carbocycles. The molecule has 0 aliphatic carbocycles. The van der Waals surface area contributed by atoms with Crippen LogP contribution in [-0.4, -0.2) is 69.0 Å². The summed E-state index contributed by atoms with van der Waals surface area (Å²) in [6.45, 7) is 2.89. The molecule has 222 valence electrons. The Kier molecular flexibility index (Phi) is 7.91. The molecule has 0 unspecified atom stereocenters. The maximum absolute atomic E-state index is 13.2. The summed E-state index contributed by atoms with van der Waals surface area (Å²) in [6.07, 6.45) is 3.66. The minimum absolute atomic E-state index is 0.195. The summed E-state index contributed by atoms with van der Waals surface area (Å²) < 4.78 is 6.78. The second kappa shape index (κ2) is 12.1. The van der Waals surface area contributed by atoms with Gasteiger partial charge in [0.05, 0.1) is 34.7 Å². The molecule has 6 rings (SSSR count). The van der Waals surface area contributed by atoms with Gasteiger partial charge in [-0.05, 0) is 100 Å². The van der Waals surface area contributed by atoms with Crippen molar-refractivity contribution in [2.24, 2.45) is 0 Å². The molecule has 0 spiro atoms. The Morgan fingerprint density at radius 1 is 0.932 bits per heavy atom. The maximum atomic E-state index is 13.2. The molecule has 0 atom stereocenters. The summed E-state index contributed by atoms with van der Waals surface area (Å²) in [5, 5.41) is 3.02. The average molecular weight is 588 g/mol. The van der Waals surface area contributed by atoms with Crippen LogP contribution in [0.2, 0.25) is 0 Å². The van der Waals surface area contributed by atoms with Crippen molar-refractivity contribution in [3.8, 4) is 16.9 Å².